The molecule has 0 saturated heterocycles. The summed E-state index contributed by atoms with van der Waals surface area (Å²) in [6, 6.07) is 5.90. The van der Waals surface area contributed by atoms with Gasteiger partial charge in [-0.1, -0.05) is 12.5 Å². The van der Waals surface area contributed by atoms with Crippen LogP contribution < -0.4 is 0 Å². The molecular weight excluding hydrogens is 217 g/mol. The summed E-state index contributed by atoms with van der Waals surface area (Å²) in [5.41, 5.74) is 1.11. The zero-order valence-electron chi connectivity index (χ0n) is 6.16. The summed E-state index contributed by atoms with van der Waals surface area (Å²) in [6.07, 6.45) is 0.602. The van der Waals surface area contributed by atoms with Gasteiger partial charge in [-0.2, -0.15) is 17.7 Å². The van der Waals surface area contributed by atoms with Gasteiger partial charge in [0.15, 0.2) is 0 Å². The van der Waals surface area contributed by atoms with Gasteiger partial charge in [0, 0.05) is 38.5 Å². The van der Waals surface area contributed by atoms with Crippen LogP contribution in [0.15, 0.2) is 12.1 Å². The Morgan fingerprint density at radius 2 is 2.18 bits per heavy atom. The van der Waals surface area contributed by atoms with E-state index in [1.165, 1.54) is 0 Å². The van der Waals surface area contributed by atoms with Gasteiger partial charge in [-0.05, 0) is 0 Å². The maximum absolute atomic E-state index is 10.2. The number of phenolic OH excluding ortho intramolecular Hbond substituents is 1. The molecule has 0 saturated carbocycles. The second-order valence-corrected chi connectivity index (χ2v) is 2.06. The molecule has 0 aliphatic carbocycles. The average Bonchev–Trinajstić information content (AvgIpc) is 1.88. The number of phenols is 1. The number of hydrogen-bond donors (Lipinski definition) is 1. The topological polar surface area (TPSA) is 37.3 Å². The van der Waals surface area contributed by atoms with Crippen molar-refractivity contribution in [1.29, 1.82) is 0 Å². The predicted octanol–water partition coefficient (Wildman–Crippen LogP) is 1.31. The molecule has 2 nitrogen and oxygen atoms in total. The van der Waals surface area contributed by atoms with Crippen LogP contribution in [0.1, 0.15) is 15.9 Å². The third-order valence-electron chi connectivity index (χ3n) is 1.23. The molecule has 1 aromatic carbocycles. The second-order valence-electron chi connectivity index (χ2n) is 2.06. The van der Waals surface area contributed by atoms with E-state index in [0.717, 1.165) is 5.56 Å². The number of carbonyl (C=O) groups is 1. The van der Waals surface area contributed by atoms with E-state index in [1.807, 2.05) is 0 Å². The van der Waals surface area contributed by atoms with Crippen molar-refractivity contribution in [2.45, 2.75) is 6.92 Å². The van der Waals surface area contributed by atoms with Gasteiger partial charge in [-0.25, -0.2) is 0 Å². The van der Waals surface area contributed by atoms with Crippen molar-refractivity contribution in [2.75, 3.05) is 0 Å². The van der Waals surface area contributed by atoms with Gasteiger partial charge in [0.05, 0.1) is 6.29 Å². The third kappa shape index (κ3) is 2.72. The van der Waals surface area contributed by atoms with E-state index in [2.05, 4.69) is 6.07 Å². The molecule has 1 aromatic rings. The SMILES string of the molecule is Cc1[c-]c(O)c(C=O)cc1.[Y]. The molecule has 1 N–H and O–H groups in total. The van der Waals surface area contributed by atoms with Crippen LogP contribution in [-0.4, -0.2) is 11.4 Å². The molecule has 1 radical (unpaired) electrons. The molecule has 0 bridgehead atoms. The number of hydrogen-bond acceptors (Lipinski definition) is 2. The fraction of sp³-hybridized carbons (Fsp3) is 0.125. The van der Waals surface area contributed by atoms with Crippen LogP contribution in [0.2, 0.25) is 0 Å². The summed E-state index contributed by atoms with van der Waals surface area (Å²) in [5, 5.41) is 9.00. The Balaban J connectivity index is 0.000001000. The third-order valence-corrected chi connectivity index (χ3v) is 1.23. The van der Waals surface area contributed by atoms with E-state index >= 15 is 0 Å². The predicted molar refractivity (Wildman–Crippen MR) is 37.1 cm³/mol. The Morgan fingerprint density at radius 1 is 1.55 bits per heavy atom. The standard InChI is InChI=1S/C8H7O2.Y/c1-6-2-3-7(5-9)8(10)4-6;/h2-3,5,10H,1H3;/q-1;. The maximum atomic E-state index is 10.2. The zero-order valence-corrected chi connectivity index (χ0v) is 9.00. The van der Waals surface area contributed by atoms with Crippen LogP contribution in [0.25, 0.3) is 0 Å². The fourth-order valence-electron chi connectivity index (χ4n) is 0.689. The molecule has 0 unspecified atom stereocenters. The normalized spacial score (nSPS) is 8.45. The van der Waals surface area contributed by atoms with E-state index in [1.54, 1.807) is 19.1 Å². The van der Waals surface area contributed by atoms with Crippen molar-refractivity contribution >= 4 is 6.29 Å². The molecule has 1 rings (SSSR count). The fourth-order valence-corrected chi connectivity index (χ4v) is 0.689. The average molecular weight is 224 g/mol. The summed E-state index contributed by atoms with van der Waals surface area (Å²) in [4.78, 5) is 10.2. The minimum Gasteiger partial charge on any atom is -0.533 e. The van der Waals surface area contributed by atoms with E-state index in [-0.39, 0.29) is 44.0 Å². The van der Waals surface area contributed by atoms with E-state index < -0.39 is 0 Å². The molecule has 0 heterocycles. The van der Waals surface area contributed by atoms with Crippen molar-refractivity contribution in [2.24, 2.45) is 0 Å². The van der Waals surface area contributed by atoms with Crippen molar-refractivity contribution < 1.29 is 42.6 Å². The monoisotopic (exact) mass is 224 g/mol. The molecule has 55 valence electrons. The van der Waals surface area contributed by atoms with Gasteiger partial charge in [0.1, 0.15) is 0 Å². The van der Waals surface area contributed by atoms with Crippen LogP contribution >= 0.6 is 0 Å². The Bertz CT molecular complexity index is 258. The number of carbonyl (C=O) groups excluding carboxylic acids is 1. The first-order valence-electron chi connectivity index (χ1n) is 2.91. The van der Waals surface area contributed by atoms with Crippen molar-refractivity contribution in [3.8, 4) is 5.75 Å². The number of aldehydes is 1. The molecular formula is C8H7O2Y-. The van der Waals surface area contributed by atoms with Crippen LogP contribution in [-0.2, 0) is 32.7 Å². The molecule has 0 amide bonds. The van der Waals surface area contributed by atoms with Crippen molar-refractivity contribution in [3.05, 3.63) is 29.3 Å². The molecule has 3 heteroatoms. The van der Waals surface area contributed by atoms with Gasteiger partial charge in [0.2, 0.25) is 0 Å². The Hall–Kier alpha value is -0.206. The minimum atomic E-state index is -0.0741. The first-order valence-corrected chi connectivity index (χ1v) is 2.91. The Labute approximate surface area is 90.5 Å². The van der Waals surface area contributed by atoms with Crippen LogP contribution in [0.5, 0.6) is 5.75 Å². The second kappa shape index (κ2) is 4.63. The number of rotatable bonds is 1. The maximum Gasteiger partial charge on any atom is 0.0985 e. The summed E-state index contributed by atoms with van der Waals surface area (Å²) in [6.45, 7) is 1.80. The smallest absolute Gasteiger partial charge is 0.0985 e. The molecule has 0 fully saturated rings. The summed E-state index contributed by atoms with van der Waals surface area (Å²) < 4.78 is 0. The van der Waals surface area contributed by atoms with Gasteiger partial charge >= 0.3 is 0 Å². The van der Waals surface area contributed by atoms with Crippen LogP contribution in [0.3, 0.4) is 0 Å². The van der Waals surface area contributed by atoms with Crippen LogP contribution in [0.4, 0.5) is 0 Å². The van der Waals surface area contributed by atoms with Gasteiger partial charge in [-0.15, -0.1) is 6.07 Å². The van der Waals surface area contributed by atoms with E-state index in [9.17, 15) is 4.79 Å². The molecule has 0 aliphatic heterocycles. The van der Waals surface area contributed by atoms with Crippen molar-refractivity contribution in [1.82, 2.24) is 0 Å². The number of benzene rings is 1. The zero-order chi connectivity index (χ0) is 7.56. The van der Waals surface area contributed by atoms with Crippen molar-refractivity contribution in [3.63, 3.8) is 0 Å². The molecule has 11 heavy (non-hydrogen) atoms. The Morgan fingerprint density at radius 3 is 2.64 bits per heavy atom. The van der Waals surface area contributed by atoms with E-state index in [0.29, 0.717) is 6.29 Å². The van der Waals surface area contributed by atoms with Gasteiger partial charge < -0.3 is 9.90 Å². The largest absolute Gasteiger partial charge is 0.533 e. The quantitative estimate of drug-likeness (QED) is 0.576. The van der Waals surface area contributed by atoms with Gasteiger partial charge in [-0.3, -0.25) is 0 Å². The molecule has 0 spiro atoms. The number of aromatic hydroxyl groups is 1. The molecule has 0 aromatic heterocycles. The first kappa shape index (κ1) is 10.8. The summed E-state index contributed by atoms with van der Waals surface area (Å²) in [5.74, 6) is -0.0741. The Kier molecular flexibility index (Phi) is 4.54. The summed E-state index contributed by atoms with van der Waals surface area (Å²) >= 11 is 0. The first-order chi connectivity index (χ1) is 4.74. The molecule has 0 atom stereocenters. The molecule has 0 aliphatic rings. The van der Waals surface area contributed by atoms with Gasteiger partial charge in [0.25, 0.3) is 0 Å². The number of aryl methyl sites for hydroxylation is 1. The van der Waals surface area contributed by atoms with E-state index in [4.69, 9.17) is 5.11 Å². The van der Waals surface area contributed by atoms with Crippen LogP contribution in [0, 0.1) is 13.0 Å². The summed E-state index contributed by atoms with van der Waals surface area (Å²) in [7, 11) is 0. The minimum absolute atomic E-state index is 0.